The lowest BCUT2D eigenvalue weighted by atomic mass is 9.95. The largest absolute Gasteiger partial charge is 0.394 e. The molecule has 3 aliphatic heterocycles. The number of aliphatic hydroxyl groups excluding tert-OH is 10. The highest BCUT2D eigenvalue weighted by atomic mass is 16.7. The van der Waals surface area contributed by atoms with Gasteiger partial charge in [-0.25, -0.2) is 0 Å². The van der Waals surface area contributed by atoms with Crippen LogP contribution >= 0.6 is 0 Å². The third-order valence-corrected chi connectivity index (χ3v) is 6.49. The maximum absolute atomic E-state index is 11.6. The molecule has 0 aromatic carbocycles. The zero-order valence-corrected chi connectivity index (χ0v) is 19.7. The first kappa shape index (κ1) is 30.4. The summed E-state index contributed by atoms with van der Waals surface area (Å²) in [7, 11) is 0. The molecule has 17 heteroatoms. The van der Waals surface area contributed by atoms with Crippen molar-refractivity contribution in [2.24, 2.45) is 0 Å². The molecule has 17 nitrogen and oxygen atoms in total. The molecule has 1 amide bonds. The summed E-state index contributed by atoms with van der Waals surface area (Å²) in [4.78, 5) is 11.6. The van der Waals surface area contributed by atoms with Crippen molar-refractivity contribution in [3.8, 4) is 0 Å². The molecule has 0 bridgehead atoms. The zero-order valence-electron chi connectivity index (χ0n) is 19.7. The van der Waals surface area contributed by atoms with Gasteiger partial charge < -0.3 is 80.1 Å². The Balaban J connectivity index is 1.77. The first-order valence-electron chi connectivity index (χ1n) is 11.6. The van der Waals surface area contributed by atoms with E-state index in [-0.39, 0.29) is 0 Å². The first-order chi connectivity index (χ1) is 17.4. The number of hydrogen-bond donors (Lipinski definition) is 11. The van der Waals surface area contributed by atoms with Gasteiger partial charge in [-0.1, -0.05) is 0 Å². The van der Waals surface area contributed by atoms with Gasteiger partial charge in [0.05, 0.1) is 19.8 Å². The molecule has 0 aromatic heterocycles. The minimum atomic E-state index is -1.92. The summed E-state index contributed by atoms with van der Waals surface area (Å²) in [5.41, 5.74) is 0. The van der Waals surface area contributed by atoms with E-state index in [9.17, 15) is 55.9 Å². The van der Waals surface area contributed by atoms with Gasteiger partial charge in [-0.3, -0.25) is 4.79 Å². The van der Waals surface area contributed by atoms with Crippen molar-refractivity contribution in [2.45, 2.75) is 99.0 Å². The van der Waals surface area contributed by atoms with E-state index in [4.69, 9.17) is 23.7 Å². The van der Waals surface area contributed by atoms with Gasteiger partial charge in [-0.15, -0.1) is 0 Å². The second-order valence-corrected chi connectivity index (χ2v) is 9.07. The molecule has 0 aromatic rings. The van der Waals surface area contributed by atoms with Gasteiger partial charge in [0.2, 0.25) is 5.91 Å². The summed E-state index contributed by atoms with van der Waals surface area (Å²) >= 11 is 0. The lowest BCUT2D eigenvalue weighted by molar-refractivity contribution is -0.372. The number of ether oxygens (including phenoxy) is 5. The van der Waals surface area contributed by atoms with Crippen LogP contribution in [-0.2, 0) is 28.5 Å². The van der Waals surface area contributed by atoms with Crippen molar-refractivity contribution in [2.75, 3.05) is 19.8 Å². The average molecular weight is 545 g/mol. The predicted octanol–water partition coefficient (Wildman–Crippen LogP) is -7.43. The van der Waals surface area contributed by atoms with Crippen molar-refractivity contribution in [3.05, 3.63) is 0 Å². The highest BCUT2D eigenvalue weighted by molar-refractivity contribution is 5.73. The summed E-state index contributed by atoms with van der Waals surface area (Å²) in [5, 5.41) is 103. The molecule has 0 radical (unpaired) electrons. The van der Waals surface area contributed by atoms with Crippen LogP contribution in [0.15, 0.2) is 0 Å². The van der Waals surface area contributed by atoms with E-state index in [1.807, 2.05) is 0 Å². The fourth-order valence-corrected chi connectivity index (χ4v) is 4.46. The molecule has 37 heavy (non-hydrogen) atoms. The normalized spacial score (nSPS) is 49.0. The summed E-state index contributed by atoms with van der Waals surface area (Å²) < 4.78 is 27.0. The van der Waals surface area contributed by atoms with E-state index >= 15 is 0 Å². The molecule has 15 atom stereocenters. The fraction of sp³-hybridized carbons (Fsp3) is 0.950. The third kappa shape index (κ3) is 6.38. The molecule has 1 unspecified atom stereocenters. The molecule has 11 N–H and O–H groups in total. The molecule has 3 saturated heterocycles. The van der Waals surface area contributed by atoms with E-state index in [0.717, 1.165) is 6.92 Å². The summed E-state index contributed by atoms with van der Waals surface area (Å²) in [6, 6.07) is -1.39. The Morgan fingerprint density at radius 1 is 0.649 bits per heavy atom. The van der Waals surface area contributed by atoms with Crippen molar-refractivity contribution < 1.29 is 79.5 Å². The van der Waals surface area contributed by atoms with Crippen molar-refractivity contribution in [1.29, 1.82) is 0 Å². The van der Waals surface area contributed by atoms with Gasteiger partial charge >= 0.3 is 0 Å². The number of carbonyl (C=O) groups is 1. The zero-order chi connectivity index (χ0) is 27.6. The topological polar surface area (TPSA) is 278 Å². The van der Waals surface area contributed by atoms with Crippen molar-refractivity contribution in [1.82, 2.24) is 5.32 Å². The Hall–Kier alpha value is -1.13. The number of amides is 1. The lowest BCUT2D eigenvalue weighted by Crippen LogP contribution is -2.68. The van der Waals surface area contributed by atoms with Gasteiger partial charge in [-0.05, 0) is 0 Å². The van der Waals surface area contributed by atoms with Gasteiger partial charge in [0.1, 0.15) is 73.2 Å². The van der Waals surface area contributed by atoms with Gasteiger partial charge in [0.25, 0.3) is 0 Å². The Labute approximate surface area is 210 Å². The predicted molar refractivity (Wildman–Crippen MR) is 113 cm³/mol. The maximum atomic E-state index is 11.6. The fourth-order valence-electron chi connectivity index (χ4n) is 4.46. The second-order valence-electron chi connectivity index (χ2n) is 9.07. The van der Waals surface area contributed by atoms with Crippen LogP contribution < -0.4 is 5.32 Å². The molecule has 216 valence electrons. The van der Waals surface area contributed by atoms with Crippen LogP contribution in [0.3, 0.4) is 0 Å². The Kier molecular flexibility index (Phi) is 10.5. The van der Waals surface area contributed by atoms with Crippen LogP contribution in [0.2, 0.25) is 0 Å². The molecule has 3 heterocycles. The van der Waals surface area contributed by atoms with E-state index in [2.05, 4.69) is 5.32 Å². The average Bonchev–Trinajstić information content (AvgIpc) is 2.87. The monoisotopic (exact) mass is 545 g/mol. The molecular weight excluding hydrogens is 510 g/mol. The van der Waals surface area contributed by atoms with Crippen LogP contribution in [0.25, 0.3) is 0 Å². The van der Waals surface area contributed by atoms with Crippen LogP contribution in [0.4, 0.5) is 0 Å². The summed E-state index contributed by atoms with van der Waals surface area (Å²) in [5.74, 6) is -0.637. The Morgan fingerprint density at radius 3 is 1.68 bits per heavy atom. The SMILES string of the molecule is CC(=O)N[C@H]1[C@H](O[C@@H]2[C@H](O)[C@@H](O)[C@H](O[C@H]3[C@H](O)[C@@H](O)C(O)O[C@@H]3CO)O[C@@H]2CO)O[C@H](CO)[C@H](O)[C@@H]1O. The van der Waals surface area contributed by atoms with E-state index in [0.29, 0.717) is 0 Å². The molecule has 0 saturated carbocycles. The highest BCUT2D eigenvalue weighted by Crippen LogP contribution is 2.32. The Bertz CT molecular complexity index is 743. The number of aliphatic hydroxyl groups is 10. The minimum Gasteiger partial charge on any atom is -0.394 e. The van der Waals surface area contributed by atoms with Crippen molar-refractivity contribution >= 4 is 5.91 Å². The molecular formula is C20H35NO16. The van der Waals surface area contributed by atoms with E-state index < -0.39 is 118 Å². The number of hydrogen-bond acceptors (Lipinski definition) is 16. The quantitative estimate of drug-likeness (QED) is 0.135. The van der Waals surface area contributed by atoms with Gasteiger partial charge in [0.15, 0.2) is 18.9 Å². The molecule has 3 fully saturated rings. The summed E-state index contributed by atoms with van der Waals surface area (Å²) in [6.07, 6.45) is -23.1. The first-order valence-corrected chi connectivity index (χ1v) is 11.6. The Morgan fingerprint density at radius 2 is 1.14 bits per heavy atom. The number of rotatable bonds is 8. The van der Waals surface area contributed by atoms with E-state index in [1.54, 1.807) is 0 Å². The van der Waals surface area contributed by atoms with Crippen LogP contribution in [-0.4, -0.2) is 169 Å². The number of nitrogens with one attached hydrogen (secondary N) is 1. The maximum Gasteiger partial charge on any atom is 0.217 e. The minimum absolute atomic E-state index is 0.637. The highest BCUT2D eigenvalue weighted by Gasteiger charge is 2.53. The molecule has 3 aliphatic rings. The van der Waals surface area contributed by atoms with Crippen LogP contribution in [0.1, 0.15) is 6.92 Å². The smallest absolute Gasteiger partial charge is 0.217 e. The molecule has 0 aliphatic carbocycles. The number of carbonyl (C=O) groups excluding carboxylic acids is 1. The summed E-state index contributed by atoms with van der Waals surface area (Å²) in [6.45, 7) is -1.21. The van der Waals surface area contributed by atoms with E-state index in [1.165, 1.54) is 0 Å². The molecule has 0 spiro atoms. The van der Waals surface area contributed by atoms with Crippen molar-refractivity contribution in [3.63, 3.8) is 0 Å². The van der Waals surface area contributed by atoms with Gasteiger partial charge in [-0.2, -0.15) is 0 Å². The van der Waals surface area contributed by atoms with Crippen LogP contribution in [0.5, 0.6) is 0 Å². The second kappa shape index (κ2) is 12.8. The lowest BCUT2D eigenvalue weighted by Gasteiger charge is -2.48. The van der Waals surface area contributed by atoms with Crippen LogP contribution in [0, 0.1) is 0 Å². The third-order valence-electron chi connectivity index (χ3n) is 6.49. The molecule has 3 rings (SSSR count). The standard InChI is InChI=1S/C20H35NO16/c1-5(25)21-9-11(27)10(26)6(2-22)34-19(9)36-17-8(4-24)35-20(15(31)13(17)29)37-16-7(3-23)33-18(32)14(30)12(16)28/h6-20,22-24,26-32H,2-4H2,1H3,(H,21,25)/t6-,7-,8-,9-,10+,11-,12-,13-,14-,15-,16-,17+,18?,19+,20+/m1/s1. The van der Waals surface area contributed by atoms with Gasteiger partial charge in [0, 0.05) is 6.92 Å².